The van der Waals surface area contributed by atoms with Crippen LogP contribution < -0.4 is 5.32 Å². The Morgan fingerprint density at radius 2 is 1.69 bits per heavy atom. The highest BCUT2D eigenvalue weighted by Crippen LogP contribution is 2.41. The number of nitrogens with one attached hydrogen (secondary N) is 1. The van der Waals surface area contributed by atoms with Crippen molar-refractivity contribution in [2.24, 2.45) is 0 Å². The zero-order valence-corrected chi connectivity index (χ0v) is 21.2. The average Bonchev–Trinajstić information content (AvgIpc) is 3.48. The third-order valence-electron chi connectivity index (χ3n) is 7.83. The number of rotatable bonds is 5. The number of aromatic nitrogens is 1. The van der Waals surface area contributed by atoms with Gasteiger partial charge in [-0.1, -0.05) is 80.3 Å². The molecule has 3 heterocycles. The quantitative estimate of drug-likeness (QED) is 0.339. The van der Waals surface area contributed by atoms with Crippen LogP contribution in [0.15, 0.2) is 78.2 Å². The van der Waals surface area contributed by atoms with E-state index in [1.807, 2.05) is 83.1 Å². The van der Waals surface area contributed by atoms with Crippen LogP contribution >= 0.6 is 11.3 Å². The first-order valence-corrected chi connectivity index (χ1v) is 13.8. The Labute approximate surface area is 215 Å². The van der Waals surface area contributed by atoms with Crippen molar-refractivity contribution in [3.8, 4) is 0 Å². The van der Waals surface area contributed by atoms with Crippen molar-refractivity contribution in [3.63, 3.8) is 0 Å². The fourth-order valence-electron chi connectivity index (χ4n) is 5.96. The summed E-state index contributed by atoms with van der Waals surface area (Å²) in [6.45, 7) is 0.778. The van der Waals surface area contributed by atoms with Gasteiger partial charge in [-0.25, -0.2) is 0 Å². The highest BCUT2D eigenvalue weighted by molar-refractivity contribution is 7.09. The van der Waals surface area contributed by atoms with Gasteiger partial charge in [-0.2, -0.15) is 0 Å². The van der Waals surface area contributed by atoms with Gasteiger partial charge in [0.25, 0.3) is 11.8 Å². The molecule has 0 unspecified atom stereocenters. The molecule has 2 amide bonds. The maximum absolute atomic E-state index is 14.5. The number of thiophene rings is 1. The lowest BCUT2D eigenvalue weighted by Crippen LogP contribution is -2.63. The molecule has 36 heavy (non-hydrogen) atoms. The van der Waals surface area contributed by atoms with Crippen molar-refractivity contribution in [3.05, 3.63) is 94.3 Å². The smallest absolute Gasteiger partial charge is 0.272 e. The zero-order valence-electron chi connectivity index (χ0n) is 20.4. The molecule has 2 aromatic heterocycles. The molecule has 2 aromatic carbocycles. The Kier molecular flexibility index (Phi) is 6.13. The normalized spacial score (nSPS) is 20.8. The van der Waals surface area contributed by atoms with Gasteiger partial charge in [0.05, 0.1) is 13.1 Å². The Morgan fingerprint density at radius 3 is 2.44 bits per heavy atom. The number of nitrogens with zero attached hydrogens (tertiary/aromatic N) is 2. The van der Waals surface area contributed by atoms with E-state index < -0.39 is 5.54 Å². The van der Waals surface area contributed by atoms with E-state index in [0.717, 1.165) is 47.0 Å². The molecule has 2 aliphatic rings. The molecule has 0 saturated heterocycles. The first kappa shape index (κ1) is 23.0. The van der Waals surface area contributed by atoms with Gasteiger partial charge >= 0.3 is 0 Å². The molecular formula is C30H31N3O2S. The summed E-state index contributed by atoms with van der Waals surface area (Å²) in [7, 11) is 0. The van der Waals surface area contributed by atoms with Gasteiger partial charge in [-0.05, 0) is 42.0 Å². The van der Waals surface area contributed by atoms with Gasteiger partial charge in [0.1, 0.15) is 5.69 Å². The minimum Gasteiger partial charge on any atom is -0.351 e. The molecule has 1 N–H and O–H groups in total. The highest BCUT2D eigenvalue weighted by atomic mass is 32.1. The van der Waals surface area contributed by atoms with E-state index in [0.29, 0.717) is 18.8 Å². The number of amides is 2. The second-order valence-electron chi connectivity index (χ2n) is 10.0. The number of carbonyl (C=O) groups is 2. The molecule has 6 rings (SSSR count). The molecule has 1 saturated carbocycles. The monoisotopic (exact) mass is 497 g/mol. The molecule has 0 radical (unpaired) electrons. The number of hydrogen-bond acceptors (Lipinski definition) is 3. The highest BCUT2D eigenvalue weighted by Gasteiger charge is 2.52. The second kappa shape index (κ2) is 9.58. The minimum absolute atomic E-state index is 0.0751. The van der Waals surface area contributed by atoms with Crippen molar-refractivity contribution in [2.75, 3.05) is 0 Å². The van der Waals surface area contributed by atoms with Crippen molar-refractivity contribution in [1.29, 1.82) is 0 Å². The molecule has 1 aliphatic heterocycles. The molecule has 1 aliphatic carbocycles. The topological polar surface area (TPSA) is 54.3 Å². The van der Waals surface area contributed by atoms with Gasteiger partial charge < -0.3 is 14.8 Å². The maximum Gasteiger partial charge on any atom is 0.272 e. The Hall–Kier alpha value is -3.38. The van der Waals surface area contributed by atoms with E-state index in [2.05, 4.69) is 9.88 Å². The number of para-hydroxylation sites is 1. The van der Waals surface area contributed by atoms with Crippen LogP contribution in [0.3, 0.4) is 0 Å². The summed E-state index contributed by atoms with van der Waals surface area (Å²) in [5, 5.41) is 6.47. The zero-order chi connectivity index (χ0) is 24.5. The van der Waals surface area contributed by atoms with Gasteiger partial charge in [-0.3, -0.25) is 9.59 Å². The van der Waals surface area contributed by atoms with Gasteiger partial charge in [0, 0.05) is 21.8 Å². The molecule has 6 heteroatoms. The standard InChI is InChI=1S/C30H31N3O2S/c34-28-27-19-22-11-8-9-17-26(22)32(27)21-30(23-12-4-3-5-13-23,33(28)20-25-16-10-18-36-25)29(35)31-24-14-6-1-2-7-15-24/h3-5,8-13,16-19,24H,1-2,6-7,14-15,20-21H2,(H,31,35)/t30-/m0/s1. The van der Waals surface area contributed by atoms with Crippen LogP contribution in [0.1, 0.15) is 59.5 Å². The van der Waals surface area contributed by atoms with E-state index in [4.69, 9.17) is 0 Å². The third-order valence-corrected chi connectivity index (χ3v) is 8.70. The van der Waals surface area contributed by atoms with Crippen LogP contribution in [-0.2, 0) is 23.4 Å². The fraction of sp³-hybridized carbons (Fsp3) is 0.333. The minimum atomic E-state index is -1.15. The Bertz CT molecular complexity index is 1370. The SMILES string of the molecule is O=C1c2cc3ccccc3n2C[C@@](C(=O)NC2CCCCCC2)(c2ccccc2)N1Cc1cccs1. The summed E-state index contributed by atoms with van der Waals surface area (Å²) < 4.78 is 2.06. The third kappa shape index (κ3) is 3.94. The number of hydrogen-bond donors (Lipinski definition) is 1. The van der Waals surface area contributed by atoms with Crippen molar-refractivity contribution >= 4 is 34.1 Å². The molecule has 4 aromatic rings. The molecule has 184 valence electrons. The molecular weight excluding hydrogens is 466 g/mol. The predicted octanol–water partition coefficient (Wildman–Crippen LogP) is 6.09. The van der Waals surface area contributed by atoms with Crippen molar-refractivity contribution in [2.45, 2.75) is 63.2 Å². The van der Waals surface area contributed by atoms with Gasteiger partial charge in [0.2, 0.25) is 0 Å². The van der Waals surface area contributed by atoms with Crippen molar-refractivity contribution in [1.82, 2.24) is 14.8 Å². The van der Waals surface area contributed by atoms with E-state index in [1.54, 1.807) is 11.3 Å². The first-order valence-electron chi connectivity index (χ1n) is 13.0. The van der Waals surface area contributed by atoms with Crippen LogP contribution in [0.4, 0.5) is 0 Å². The van der Waals surface area contributed by atoms with E-state index in [1.165, 1.54) is 12.8 Å². The average molecular weight is 498 g/mol. The van der Waals surface area contributed by atoms with Crippen molar-refractivity contribution < 1.29 is 9.59 Å². The number of benzene rings is 2. The van der Waals surface area contributed by atoms with Crippen LogP contribution in [0.5, 0.6) is 0 Å². The molecule has 1 atom stereocenters. The molecule has 0 bridgehead atoms. The summed E-state index contributed by atoms with van der Waals surface area (Å²) >= 11 is 1.62. The maximum atomic E-state index is 14.5. The number of fused-ring (bicyclic) bond motifs is 3. The lowest BCUT2D eigenvalue weighted by molar-refractivity contribution is -0.136. The Balaban J connectivity index is 1.52. The molecule has 0 spiro atoms. The Morgan fingerprint density at radius 1 is 0.944 bits per heavy atom. The summed E-state index contributed by atoms with van der Waals surface area (Å²) in [5.41, 5.74) is 1.33. The number of carbonyl (C=O) groups excluding carboxylic acids is 2. The van der Waals surface area contributed by atoms with Gasteiger partial charge in [0.15, 0.2) is 5.54 Å². The molecule has 5 nitrogen and oxygen atoms in total. The predicted molar refractivity (Wildman–Crippen MR) is 144 cm³/mol. The van der Waals surface area contributed by atoms with E-state index in [-0.39, 0.29) is 17.9 Å². The second-order valence-corrected chi connectivity index (χ2v) is 11.1. The van der Waals surface area contributed by atoms with E-state index in [9.17, 15) is 9.59 Å². The van der Waals surface area contributed by atoms with Gasteiger partial charge in [-0.15, -0.1) is 11.3 Å². The van der Waals surface area contributed by atoms with E-state index >= 15 is 0 Å². The lowest BCUT2D eigenvalue weighted by atomic mass is 9.83. The largest absolute Gasteiger partial charge is 0.351 e. The summed E-state index contributed by atoms with van der Waals surface area (Å²) in [6.07, 6.45) is 6.69. The van der Waals surface area contributed by atoms with Crippen LogP contribution in [-0.4, -0.2) is 27.3 Å². The van der Waals surface area contributed by atoms with Crippen LogP contribution in [0.2, 0.25) is 0 Å². The van der Waals surface area contributed by atoms with Crippen LogP contribution in [0.25, 0.3) is 10.9 Å². The first-order chi connectivity index (χ1) is 17.7. The summed E-state index contributed by atoms with van der Waals surface area (Å²) in [5.74, 6) is -0.181. The summed E-state index contributed by atoms with van der Waals surface area (Å²) in [4.78, 5) is 31.7. The van der Waals surface area contributed by atoms with Crippen LogP contribution in [0, 0.1) is 0 Å². The summed E-state index contributed by atoms with van der Waals surface area (Å²) in [6, 6.07) is 24.1. The fourth-order valence-corrected chi connectivity index (χ4v) is 6.66. The lowest BCUT2D eigenvalue weighted by Gasteiger charge is -2.47. The molecule has 1 fully saturated rings.